The Balaban J connectivity index is 0.952. The summed E-state index contributed by atoms with van der Waals surface area (Å²) in [5, 5.41) is 0. The fourth-order valence-corrected chi connectivity index (χ4v) is 5.12. The molecule has 3 aliphatic heterocycles. The molecule has 0 aromatic carbocycles. The van der Waals surface area contributed by atoms with Gasteiger partial charge in [0.25, 0.3) is 0 Å². The smallest absolute Gasteiger partial charge is 0.309 e. The molecule has 28 heavy (non-hydrogen) atoms. The number of carbonyl (C=O) groups is 1. The molecule has 5 aliphatic rings. The van der Waals surface area contributed by atoms with Crippen molar-refractivity contribution < 1.29 is 33.2 Å². The van der Waals surface area contributed by atoms with Gasteiger partial charge in [-0.1, -0.05) is 0 Å². The highest BCUT2D eigenvalue weighted by molar-refractivity contribution is 5.72. The Morgan fingerprint density at radius 3 is 2.32 bits per heavy atom. The van der Waals surface area contributed by atoms with Crippen molar-refractivity contribution in [2.24, 2.45) is 11.8 Å². The molecule has 0 radical (unpaired) electrons. The molecule has 0 aromatic rings. The second kappa shape index (κ2) is 7.20. The molecule has 7 nitrogen and oxygen atoms in total. The maximum Gasteiger partial charge on any atom is 0.309 e. The Hall–Kier alpha value is -0.730. The van der Waals surface area contributed by atoms with Gasteiger partial charge in [0.2, 0.25) is 0 Å². The van der Waals surface area contributed by atoms with Gasteiger partial charge in [0.05, 0.1) is 49.1 Å². The third kappa shape index (κ3) is 3.84. The summed E-state index contributed by atoms with van der Waals surface area (Å²) in [6.45, 7) is 6.01. The molecule has 0 amide bonds. The van der Waals surface area contributed by atoms with Gasteiger partial charge in [-0.15, -0.1) is 0 Å². The van der Waals surface area contributed by atoms with E-state index in [0.29, 0.717) is 31.8 Å². The zero-order valence-corrected chi connectivity index (χ0v) is 16.9. The van der Waals surface area contributed by atoms with E-state index in [1.807, 2.05) is 0 Å². The Labute approximate surface area is 166 Å². The summed E-state index contributed by atoms with van der Waals surface area (Å²) in [6, 6.07) is 0. The molecule has 0 N–H and O–H groups in total. The lowest BCUT2D eigenvalue weighted by molar-refractivity contribution is -0.249. The van der Waals surface area contributed by atoms with Crippen molar-refractivity contribution in [1.29, 1.82) is 0 Å². The molecular weight excluding hydrogens is 364 g/mol. The van der Waals surface area contributed by atoms with Gasteiger partial charge < -0.3 is 28.4 Å². The summed E-state index contributed by atoms with van der Waals surface area (Å²) in [7, 11) is 0. The van der Waals surface area contributed by atoms with Crippen LogP contribution in [0, 0.1) is 11.8 Å². The number of rotatable bonds is 6. The fraction of sp³-hybridized carbons (Fsp3) is 0.952. The van der Waals surface area contributed by atoms with E-state index in [-0.39, 0.29) is 48.2 Å². The van der Waals surface area contributed by atoms with E-state index in [1.165, 1.54) is 0 Å². The molecule has 5 fully saturated rings. The summed E-state index contributed by atoms with van der Waals surface area (Å²) in [5.41, 5.74) is 0.152. The van der Waals surface area contributed by atoms with Crippen molar-refractivity contribution >= 4 is 5.97 Å². The predicted molar refractivity (Wildman–Crippen MR) is 97.6 cm³/mol. The van der Waals surface area contributed by atoms with Crippen LogP contribution < -0.4 is 0 Å². The van der Waals surface area contributed by atoms with E-state index in [2.05, 4.69) is 13.8 Å². The maximum atomic E-state index is 12.2. The minimum Gasteiger partial charge on any atom is -0.463 e. The quantitative estimate of drug-likeness (QED) is 0.387. The van der Waals surface area contributed by atoms with Gasteiger partial charge in [0, 0.05) is 5.92 Å². The van der Waals surface area contributed by atoms with Crippen LogP contribution in [-0.4, -0.2) is 68.2 Å². The van der Waals surface area contributed by atoms with Crippen LogP contribution in [-0.2, 0) is 33.2 Å². The number of ether oxygens (including phenoxy) is 6. The first-order valence-corrected chi connectivity index (χ1v) is 10.8. The maximum absolute atomic E-state index is 12.2. The SMILES string of the molecule is CC12CCC(C(=O)OCCOC3COC(C4CCC5(C)OC5C4)OC3)CC1O2. The molecule has 2 aliphatic carbocycles. The second-order valence-electron chi connectivity index (χ2n) is 9.54. The van der Waals surface area contributed by atoms with E-state index in [0.717, 1.165) is 38.5 Å². The third-order valence-corrected chi connectivity index (χ3v) is 7.38. The Bertz CT molecular complexity index is 604. The van der Waals surface area contributed by atoms with Crippen LogP contribution >= 0.6 is 0 Å². The van der Waals surface area contributed by atoms with Crippen LogP contribution in [0.4, 0.5) is 0 Å². The number of fused-ring (bicyclic) bond motifs is 2. The average molecular weight is 396 g/mol. The number of esters is 1. The zero-order valence-electron chi connectivity index (χ0n) is 16.9. The predicted octanol–water partition coefficient (Wildman–Crippen LogP) is 2.20. The first-order valence-electron chi connectivity index (χ1n) is 10.8. The molecule has 6 unspecified atom stereocenters. The molecule has 6 atom stereocenters. The van der Waals surface area contributed by atoms with Crippen LogP contribution in [0.1, 0.15) is 52.4 Å². The molecule has 0 bridgehead atoms. The second-order valence-corrected chi connectivity index (χ2v) is 9.54. The van der Waals surface area contributed by atoms with Crippen molar-refractivity contribution in [2.45, 2.75) is 88.2 Å². The lowest BCUT2D eigenvalue weighted by atomic mass is 9.82. The normalized spacial score (nSPS) is 49.6. The van der Waals surface area contributed by atoms with Gasteiger partial charge in [-0.25, -0.2) is 0 Å². The molecule has 0 spiro atoms. The summed E-state index contributed by atoms with van der Waals surface area (Å²) in [5.74, 6) is 0.259. The van der Waals surface area contributed by atoms with Crippen LogP contribution in [0.25, 0.3) is 0 Å². The summed E-state index contributed by atoms with van der Waals surface area (Å²) < 4.78 is 34.4. The average Bonchev–Trinajstić information content (AvgIpc) is 3.57. The highest BCUT2D eigenvalue weighted by Gasteiger charge is 2.57. The molecule has 3 saturated heterocycles. The molecule has 0 aromatic heterocycles. The number of hydrogen-bond acceptors (Lipinski definition) is 7. The monoisotopic (exact) mass is 396 g/mol. The van der Waals surface area contributed by atoms with E-state index in [9.17, 15) is 4.79 Å². The van der Waals surface area contributed by atoms with E-state index in [1.54, 1.807) is 0 Å². The third-order valence-electron chi connectivity index (χ3n) is 7.38. The topological polar surface area (TPSA) is 79.1 Å². The first kappa shape index (κ1) is 19.2. The van der Waals surface area contributed by atoms with Gasteiger partial charge in [-0.2, -0.15) is 0 Å². The van der Waals surface area contributed by atoms with Crippen molar-refractivity contribution in [3.05, 3.63) is 0 Å². The first-order chi connectivity index (χ1) is 13.5. The van der Waals surface area contributed by atoms with E-state index in [4.69, 9.17) is 28.4 Å². The number of epoxide rings is 2. The minimum atomic E-state index is -0.145. The largest absolute Gasteiger partial charge is 0.463 e. The number of carbonyl (C=O) groups excluding carboxylic acids is 1. The van der Waals surface area contributed by atoms with Crippen LogP contribution in [0.2, 0.25) is 0 Å². The highest BCUT2D eigenvalue weighted by atomic mass is 16.7. The molecule has 5 rings (SSSR count). The van der Waals surface area contributed by atoms with Crippen LogP contribution in [0.5, 0.6) is 0 Å². The summed E-state index contributed by atoms with van der Waals surface area (Å²) in [6.07, 6.45) is 6.15. The lowest BCUT2D eigenvalue weighted by Gasteiger charge is -2.35. The highest BCUT2D eigenvalue weighted by Crippen LogP contribution is 2.51. The van der Waals surface area contributed by atoms with Crippen LogP contribution in [0.15, 0.2) is 0 Å². The van der Waals surface area contributed by atoms with Gasteiger partial charge >= 0.3 is 5.97 Å². The molecule has 2 saturated carbocycles. The van der Waals surface area contributed by atoms with Crippen molar-refractivity contribution in [3.8, 4) is 0 Å². The standard InChI is InChI=1S/C21H32O7/c1-20-5-3-13(9-16(20)27-20)18(22)24-8-7-23-15-11-25-19(26-12-15)14-4-6-21(2)17(10-14)28-21/h13-17,19H,3-12H2,1-2H3. The van der Waals surface area contributed by atoms with Crippen molar-refractivity contribution in [3.63, 3.8) is 0 Å². The van der Waals surface area contributed by atoms with Gasteiger partial charge in [0.1, 0.15) is 12.7 Å². The van der Waals surface area contributed by atoms with Gasteiger partial charge in [-0.05, 0) is 52.4 Å². The Kier molecular flexibility index (Phi) is 4.95. The van der Waals surface area contributed by atoms with Gasteiger partial charge in [-0.3, -0.25) is 4.79 Å². The Morgan fingerprint density at radius 2 is 1.64 bits per heavy atom. The van der Waals surface area contributed by atoms with Crippen molar-refractivity contribution in [1.82, 2.24) is 0 Å². The molecule has 158 valence electrons. The van der Waals surface area contributed by atoms with Crippen molar-refractivity contribution in [2.75, 3.05) is 26.4 Å². The van der Waals surface area contributed by atoms with E-state index >= 15 is 0 Å². The summed E-state index contributed by atoms with van der Waals surface area (Å²) in [4.78, 5) is 12.2. The number of hydrogen-bond donors (Lipinski definition) is 0. The van der Waals surface area contributed by atoms with E-state index < -0.39 is 0 Å². The zero-order chi connectivity index (χ0) is 19.4. The molecule has 3 heterocycles. The van der Waals surface area contributed by atoms with Crippen LogP contribution in [0.3, 0.4) is 0 Å². The minimum absolute atomic E-state index is 0.0295. The fourth-order valence-electron chi connectivity index (χ4n) is 5.12. The summed E-state index contributed by atoms with van der Waals surface area (Å²) >= 11 is 0. The Morgan fingerprint density at radius 1 is 0.964 bits per heavy atom. The molecular formula is C21H32O7. The lowest BCUT2D eigenvalue weighted by Crippen LogP contribution is -2.43. The van der Waals surface area contributed by atoms with Gasteiger partial charge in [0.15, 0.2) is 6.29 Å². The molecule has 7 heteroatoms.